The van der Waals surface area contributed by atoms with Crippen molar-refractivity contribution in [2.24, 2.45) is 0 Å². The molecule has 0 bridgehead atoms. The summed E-state index contributed by atoms with van der Waals surface area (Å²) < 4.78 is 7.26. The summed E-state index contributed by atoms with van der Waals surface area (Å²) in [6.07, 6.45) is 2.53. The highest BCUT2D eigenvalue weighted by molar-refractivity contribution is 5.99. The fourth-order valence-electron chi connectivity index (χ4n) is 3.29. The van der Waals surface area contributed by atoms with E-state index in [4.69, 9.17) is 4.74 Å². The molecule has 0 unspecified atom stereocenters. The number of esters is 1. The van der Waals surface area contributed by atoms with Gasteiger partial charge in [-0.05, 0) is 65.7 Å². The fraction of sp³-hybridized carbons (Fsp3) is 0.571. The van der Waals surface area contributed by atoms with Gasteiger partial charge in [-0.3, -0.25) is 4.79 Å². The molecule has 1 aromatic rings. The summed E-state index contributed by atoms with van der Waals surface area (Å²) in [5.41, 5.74) is 2.77. The maximum atomic E-state index is 12.3. The Morgan fingerprint density at radius 1 is 1.26 bits per heavy atom. The average molecular weight is 373 g/mol. The molecule has 1 amide bonds. The molecular formula is C21H31N3O3. The van der Waals surface area contributed by atoms with Crippen LogP contribution < -0.4 is 0 Å². The second-order valence-corrected chi connectivity index (χ2v) is 7.21. The highest BCUT2D eigenvalue weighted by Crippen LogP contribution is 2.19. The van der Waals surface area contributed by atoms with Gasteiger partial charge in [0.2, 0.25) is 0 Å². The largest absolute Gasteiger partial charge is 0.451 e. The Morgan fingerprint density at radius 3 is 2.33 bits per heavy atom. The first-order chi connectivity index (χ1) is 12.6. The molecule has 0 radical (unpaired) electrons. The lowest BCUT2D eigenvalue weighted by Gasteiger charge is -2.30. The molecule has 0 saturated heterocycles. The first-order valence-corrected chi connectivity index (χ1v) is 9.40. The molecule has 1 heterocycles. The number of carbonyl (C=O) groups excluding carboxylic acids is 2. The van der Waals surface area contributed by atoms with Crippen LogP contribution in [-0.4, -0.2) is 40.0 Å². The molecule has 0 aliphatic heterocycles. The lowest BCUT2D eigenvalue weighted by atomic mass is 10.1. The van der Waals surface area contributed by atoms with Crippen LogP contribution in [-0.2, 0) is 20.9 Å². The number of hydrogen-bond acceptors (Lipinski definition) is 4. The number of amides is 1. The van der Waals surface area contributed by atoms with E-state index in [1.807, 2.05) is 53.7 Å². The lowest BCUT2D eigenvalue weighted by Crippen LogP contribution is -2.44. The van der Waals surface area contributed by atoms with Gasteiger partial charge < -0.3 is 14.2 Å². The second kappa shape index (κ2) is 9.96. The second-order valence-electron chi connectivity index (χ2n) is 7.21. The van der Waals surface area contributed by atoms with Crippen LogP contribution in [0.5, 0.6) is 0 Å². The summed E-state index contributed by atoms with van der Waals surface area (Å²) >= 11 is 0. The van der Waals surface area contributed by atoms with Crippen molar-refractivity contribution < 1.29 is 14.3 Å². The van der Waals surface area contributed by atoms with Crippen LogP contribution in [0, 0.1) is 25.2 Å². The number of rotatable bonds is 8. The van der Waals surface area contributed by atoms with Crippen molar-refractivity contribution in [2.75, 3.05) is 6.61 Å². The van der Waals surface area contributed by atoms with E-state index in [9.17, 15) is 14.9 Å². The van der Waals surface area contributed by atoms with Crippen molar-refractivity contribution in [3.63, 3.8) is 0 Å². The van der Waals surface area contributed by atoms with Crippen LogP contribution in [0.25, 0.3) is 6.08 Å². The number of hydrogen-bond donors (Lipinski definition) is 0. The highest BCUT2D eigenvalue weighted by Gasteiger charge is 2.22. The normalized spacial score (nSPS) is 11.6. The molecule has 0 N–H and O–H groups in total. The number of nitriles is 1. The first-order valence-electron chi connectivity index (χ1n) is 9.40. The van der Waals surface area contributed by atoms with Gasteiger partial charge >= 0.3 is 5.97 Å². The minimum atomic E-state index is -0.779. The zero-order chi connectivity index (χ0) is 20.7. The summed E-state index contributed by atoms with van der Waals surface area (Å²) in [6, 6.07) is 3.84. The molecule has 0 aliphatic rings. The molecule has 0 aliphatic carbocycles. The van der Waals surface area contributed by atoms with Crippen LogP contribution in [0.3, 0.4) is 0 Å². The SMILES string of the molecule is CCCn1c(C)cc(/C=C(\C#N)C(=O)OCC(=O)N(C(C)C)C(C)C)c1C. The van der Waals surface area contributed by atoms with Crippen molar-refractivity contribution in [3.8, 4) is 6.07 Å². The van der Waals surface area contributed by atoms with Crippen molar-refractivity contribution >= 4 is 18.0 Å². The molecule has 1 rings (SSSR count). The van der Waals surface area contributed by atoms with Gasteiger partial charge in [0, 0.05) is 30.0 Å². The van der Waals surface area contributed by atoms with Gasteiger partial charge in [-0.25, -0.2) is 4.79 Å². The smallest absolute Gasteiger partial charge is 0.349 e. The highest BCUT2D eigenvalue weighted by atomic mass is 16.5. The van der Waals surface area contributed by atoms with Crippen molar-refractivity contribution in [3.05, 3.63) is 28.6 Å². The summed E-state index contributed by atoms with van der Waals surface area (Å²) in [4.78, 5) is 26.3. The Labute approximate surface area is 162 Å². The summed E-state index contributed by atoms with van der Waals surface area (Å²) in [5, 5.41) is 9.36. The Hall–Kier alpha value is -2.55. The van der Waals surface area contributed by atoms with E-state index in [0.29, 0.717) is 0 Å². The molecule has 1 aromatic heterocycles. The topological polar surface area (TPSA) is 75.3 Å². The van der Waals surface area contributed by atoms with Gasteiger partial charge in [0.1, 0.15) is 11.6 Å². The van der Waals surface area contributed by atoms with Gasteiger partial charge in [0.15, 0.2) is 6.61 Å². The van der Waals surface area contributed by atoms with Crippen LogP contribution in [0.4, 0.5) is 0 Å². The standard InChI is InChI=1S/C21H31N3O3/c1-8-9-23-16(6)10-18(17(23)7)11-19(12-22)21(26)27-13-20(25)24(14(2)3)15(4)5/h10-11,14-15H,8-9,13H2,1-7H3/b19-11+. The van der Waals surface area contributed by atoms with Gasteiger partial charge in [-0.15, -0.1) is 0 Å². The molecule has 0 fully saturated rings. The predicted molar refractivity (Wildman–Crippen MR) is 106 cm³/mol. The maximum Gasteiger partial charge on any atom is 0.349 e. The van der Waals surface area contributed by atoms with E-state index < -0.39 is 5.97 Å². The van der Waals surface area contributed by atoms with E-state index in [2.05, 4.69) is 11.5 Å². The Balaban J connectivity index is 2.93. The molecule has 6 heteroatoms. The zero-order valence-electron chi connectivity index (χ0n) is 17.5. The Morgan fingerprint density at radius 2 is 1.85 bits per heavy atom. The summed E-state index contributed by atoms with van der Waals surface area (Å²) in [5.74, 6) is -1.05. The quantitative estimate of drug-likeness (QED) is 0.396. The Kier molecular flexibility index (Phi) is 8.30. The lowest BCUT2D eigenvalue weighted by molar-refractivity contribution is -0.150. The minimum Gasteiger partial charge on any atom is -0.451 e. The fourth-order valence-corrected chi connectivity index (χ4v) is 3.29. The molecule has 148 valence electrons. The molecule has 0 atom stereocenters. The average Bonchev–Trinajstić information content (AvgIpc) is 2.84. The van der Waals surface area contributed by atoms with E-state index in [1.165, 1.54) is 6.08 Å². The minimum absolute atomic E-state index is 0.00568. The van der Waals surface area contributed by atoms with Gasteiger partial charge in [0.05, 0.1) is 0 Å². The molecular weight excluding hydrogens is 342 g/mol. The monoisotopic (exact) mass is 373 g/mol. The molecule has 0 saturated carbocycles. The van der Waals surface area contributed by atoms with Crippen LogP contribution in [0.1, 0.15) is 58.0 Å². The molecule has 6 nitrogen and oxygen atoms in total. The molecule has 27 heavy (non-hydrogen) atoms. The van der Waals surface area contributed by atoms with E-state index in [-0.39, 0.29) is 30.2 Å². The van der Waals surface area contributed by atoms with Crippen LogP contribution in [0.15, 0.2) is 11.6 Å². The third-order valence-corrected chi connectivity index (χ3v) is 4.43. The summed E-state index contributed by atoms with van der Waals surface area (Å²) in [6.45, 7) is 14.2. The number of aromatic nitrogens is 1. The number of aryl methyl sites for hydroxylation is 1. The van der Waals surface area contributed by atoms with Crippen molar-refractivity contribution in [1.29, 1.82) is 5.26 Å². The number of nitrogens with zero attached hydrogens (tertiary/aromatic N) is 3. The number of ether oxygens (including phenoxy) is 1. The predicted octanol–water partition coefficient (Wildman–Crippen LogP) is 3.61. The maximum absolute atomic E-state index is 12.3. The van der Waals surface area contributed by atoms with E-state index in [1.54, 1.807) is 4.90 Å². The zero-order valence-corrected chi connectivity index (χ0v) is 17.5. The third-order valence-electron chi connectivity index (χ3n) is 4.43. The van der Waals surface area contributed by atoms with Gasteiger partial charge in [-0.1, -0.05) is 6.92 Å². The number of carbonyl (C=O) groups is 2. The Bertz CT molecular complexity index is 743. The van der Waals surface area contributed by atoms with E-state index in [0.717, 1.165) is 29.9 Å². The molecule has 0 spiro atoms. The van der Waals surface area contributed by atoms with Gasteiger partial charge in [0.25, 0.3) is 5.91 Å². The van der Waals surface area contributed by atoms with Crippen LogP contribution >= 0.6 is 0 Å². The van der Waals surface area contributed by atoms with Crippen LogP contribution in [0.2, 0.25) is 0 Å². The van der Waals surface area contributed by atoms with E-state index >= 15 is 0 Å². The first kappa shape index (κ1) is 22.5. The summed E-state index contributed by atoms with van der Waals surface area (Å²) in [7, 11) is 0. The van der Waals surface area contributed by atoms with Crippen molar-refractivity contribution in [1.82, 2.24) is 9.47 Å². The van der Waals surface area contributed by atoms with Crippen molar-refractivity contribution in [2.45, 2.75) is 73.5 Å². The van der Waals surface area contributed by atoms with Gasteiger partial charge in [-0.2, -0.15) is 5.26 Å². The third kappa shape index (κ3) is 5.72. The molecule has 0 aromatic carbocycles.